The number of aromatic nitrogens is 3. The van der Waals surface area contributed by atoms with Gasteiger partial charge in [0.05, 0.1) is 35.4 Å². The Morgan fingerprint density at radius 1 is 0.915 bits per heavy atom. The predicted molar refractivity (Wildman–Crippen MR) is 221 cm³/mol. The Labute approximate surface area is 343 Å². The van der Waals surface area contributed by atoms with E-state index in [0.29, 0.717) is 58.4 Å². The quantitative estimate of drug-likeness (QED) is 0.125. The summed E-state index contributed by atoms with van der Waals surface area (Å²) in [6.45, 7) is 11.5. The minimum Gasteiger partial charge on any atom is -0.352 e. The molecule has 4 aromatic rings. The number of H-pyrrole nitrogens is 1. The molecule has 0 spiro atoms. The summed E-state index contributed by atoms with van der Waals surface area (Å²) in [6.07, 6.45) is 0.612. The number of hydrogen-bond donors (Lipinski definition) is 5. The molecule has 2 aliphatic rings. The molecule has 7 atom stereocenters. The van der Waals surface area contributed by atoms with Crippen molar-refractivity contribution in [2.24, 2.45) is 5.41 Å². The predicted octanol–water partition coefficient (Wildman–Crippen LogP) is 4.58. The van der Waals surface area contributed by atoms with Gasteiger partial charge in [0.15, 0.2) is 5.82 Å². The molecule has 2 aliphatic heterocycles. The summed E-state index contributed by atoms with van der Waals surface area (Å²) in [6, 6.07) is 5.02. The van der Waals surface area contributed by atoms with E-state index in [1.807, 2.05) is 30.2 Å². The maximum atomic E-state index is 15.4. The zero-order valence-corrected chi connectivity index (χ0v) is 35.2. The van der Waals surface area contributed by atoms with Crippen LogP contribution in [0.1, 0.15) is 72.8 Å². The minimum atomic E-state index is -1.30. The maximum absolute atomic E-state index is 15.4. The fourth-order valence-corrected chi connectivity index (χ4v) is 8.37. The van der Waals surface area contributed by atoms with E-state index in [0.717, 1.165) is 6.42 Å². The summed E-state index contributed by atoms with van der Waals surface area (Å²) >= 11 is 0. The first kappa shape index (κ1) is 43.6. The molecule has 16 heteroatoms. The number of halogens is 3. The topological polar surface area (TPSA) is 156 Å². The van der Waals surface area contributed by atoms with Crippen LogP contribution in [0.3, 0.4) is 0 Å². The number of fused-ring (bicyclic) bond motifs is 2. The molecule has 0 unspecified atom stereocenters. The SMILES string of the molecule is CC[C@H](NC(=O)[C@H](C)NC)C(=O)N1C[C@@H](F)C[C@H]1Cc1c(-c2nc3cc(F)ccc3n2C[C@@H]2CCCN2C(=O)[C@@H](NC(=O)[C@H](C)NC)C(C)(C)C)[nH]c2cc(F)ccc12. The lowest BCUT2D eigenvalue weighted by atomic mass is 9.85. The third-order valence-corrected chi connectivity index (χ3v) is 12.0. The Morgan fingerprint density at radius 2 is 1.58 bits per heavy atom. The maximum Gasteiger partial charge on any atom is 0.246 e. The summed E-state index contributed by atoms with van der Waals surface area (Å²) in [5, 5.41) is 12.2. The van der Waals surface area contributed by atoms with Crippen molar-refractivity contribution in [3.8, 4) is 11.5 Å². The van der Waals surface area contributed by atoms with Crippen LogP contribution in [0.25, 0.3) is 33.5 Å². The number of aromatic amines is 1. The first-order valence-corrected chi connectivity index (χ1v) is 20.6. The number of carbonyl (C=O) groups is 4. The van der Waals surface area contributed by atoms with Gasteiger partial charge in [0.1, 0.15) is 29.9 Å². The van der Waals surface area contributed by atoms with Gasteiger partial charge in [-0.05, 0) is 94.9 Å². The number of likely N-dealkylation sites (tertiary alicyclic amines) is 2. The Balaban J connectivity index is 1.40. The largest absolute Gasteiger partial charge is 0.352 e. The van der Waals surface area contributed by atoms with Gasteiger partial charge in [0.25, 0.3) is 0 Å². The smallest absolute Gasteiger partial charge is 0.246 e. The number of rotatable bonds is 14. The summed E-state index contributed by atoms with van der Waals surface area (Å²) in [7, 11) is 3.33. The highest BCUT2D eigenvalue weighted by Gasteiger charge is 2.42. The third kappa shape index (κ3) is 9.13. The van der Waals surface area contributed by atoms with E-state index in [9.17, 15) is 28.0 Å². The van der Waals surface area contributed by atoms with Crippen LogP contribution in [-0.2, 0) is 32.1 Å². The number of likely N-dealkylation sites (N-methyl/N-ethyl adjacent to an activating group) is 2. The highest BCUT2D eigenvalue weighted by atomic mass is 19.1. The van der Waals surface area contributed by atoms with Crippen LogP contribution in [0.2, 0.25) is 0 Å². The van der Waals surface area contributed by atoms with Gasteiger partial charge in [-0.2, -0.15) is 0 Å². The molecule has 0 radical (unpaired) electrons. The first-order valence-electron chi connectivity index (χ1n) is 20.6. The van der Waals surface area contributed by atoms with Crippen LogP contribution in [0.15, 0.2) is 36.4 Å². The van der Waals surface area contributed by atoms with E-state index >= 15 is 4.39 Å². The van der Waals surface area contributed by atoms with E-state index in [2.05, 4.69) is 26.3 Å². The van der Waals surface area contributed by atoms with Crippen LogP contribution in [0.4, 0.5) is 13.2 Å². The monoisotopic (exact) mass is 821 g/mol. The highest BCUT2D eigenvalue weighted by Crippen LogP contribution is 2.37. The fraction of sp³-hybridized carbons (Fsp3) is 0.558. The molecule has 320 valence electrons. The Kier molecular flexibility index (Phi) is 13.1. The number of imidazole rings is 1. The van der Waals surface area contributed by atoms with E-state index in [-0.39, 0.29) is 55.6 Å². The third-order valence-electron chi connectivity index (χ3n) is 12.0. The van der Waals surface area contributed by atoms with E-state index in [1.165, 1.54) is 29.2 Å². The van der Waals surface area contributed by atoms with Gasteiger partial charge in [-0.3, -0.25) is 19.2 Å². The molecule has 2 aromatic carbocycles. The molecule has 2 aromatic heterocycles. The lowest BCUT2D eigenvalue weighted by molar-refractivity contribution is -0.140. The van der Waals surface area contributed by atoms with Crippen LogP contribution < -0.4 is 21.3 Å². The molecule has 0 aliphatic carbocycles. The second-order valence-corrected chi connectivity index (χ2v) is 17.2. The summed E-state index contributed by atoms with van der Waals surface area (Å²) in [5.41, 5.74) is 2.00. The van der Waals surface area contributed by atoms with E-state index in [4.69, 9.17) is 4.98 Å². The van der Waals surface area contributed by atoms with E-state index < -0.39 is 53.4 Å². The molecule has 59 heavy (non-hydrogen) atoms. The molecule has 0 saturated carbocycles. The van der Waals surface area contributed by atoms with Gasteiger partial charge < -0.3 is 40.6 Å². The number of nitrogens with one attached hydrogen (secondary N) is 5. The Bertz CT molecular complexity index is 2200. The molecule has 0 bridgehead atoms. The van der Waals surface area contributed by atoms with Crippen molar-refractivity contribution in [3.05, 3.63) is 53.6 Å². The van der Waals surface area contributed by atoms with Gasteiger partial charge in [0.2, 0.25) is 23.6 Å². The van der Waals surface area contributed by atoms with Crippen molar-refractivity contribution in [2.75, 3.05) is 27.2 Å². The molecule has 2 saturated heterocycles. The molecule has 6 rings (SSSR count). The van der Waals surface area contributed by atoms with Crippen LogP contribution in [0, 0.1) is 17.0 Å². The summed E-state index contributed by atoms with van der Waals surface area (Å²) in [5.74, 6) is -1.78. The zero-order valence-electron chi connectivity index (χ0n) is 35.2. The number of alkyl halides is 1. The molecule has 5 N–H and O–H groups in total. The summed E-state index contributed by atoms with van der Waals surface area (Å²) < 4.78 is 46.9. The van der Waals surface area contributed by atoms with Crippen LogP contribution in [-0.4, -0.2) is 118 Å². The van der Waals surface area contributed by atoms with E-state index in [1.54, 1.807) is 47.0 Å². The molecular formula is C43H58F3N9O4. The lowest BCUT2D eigenvalue weighted by Gasteiger charge is -2.36. The second-order valence-electron chi connectivity index (χ2n) is 17.2. The van der Waals surface area contributed by atoms with Crippen molar-refractivity contribution in [3.63, 3.8) is 0 Å². The molecule has 4 heterocycles. The molecule has 4 amide bonds. The standard InChI is InChI=1S/C43H58F3N9O4/c1-9-32(51-39(56)23(2)47-7)41(58)54-21-27(46)17-29(54)20-31-30-14-12-25(44)18-33(30)49-36(31)38-50-34-19-26(45)13-15-35(34)55(38)22-28-11-10-16-53(28)42(59)37(43(4,5)6)52-40(57)24(3)48-8/h12-15,18-19,23-24,27-29,32,37,47-49H,9-11,16-17,20-22H2,1-8H3,(H,51,56)(H,52,57)/t23-,24-,27-,28-,29-,32-,37+/m0/s1. The van der Waals surface area contributed by atoms with Crippen molar-refractivity contribution >= 4 is 45.6 Å². The average Bonchev–Trinajstić information content (AvgIpc) is 3.98. The van der Waals surface area contributed by atoms with Gasteiger partial charge >= 0.3 is 0 Å². The molecular weight excluding hydrogens is 764 g/mol. The second kappa shape index (κ2) is 17.7. The normalized spacial score (nSPS) is 20.6. The number of amides is 4. The highest BCUT2D eigenvalue weighted by molar-refractivity contribution is 5.93. The number of benzene rings is 2. The Hall–Kier alpha value is -4.96. The van der Waals surface area contributed by atoms with Crippen LogP contribution in [0.5, 0.6) is 0 Å². The van der Waals surface area contributed by atoms with Crippen LogP contribution >= 0.6 is 0 Å². The van der Waals surface area contributed by atoms with Gasteiger partial charge in [0, 0.05) is 48.6 Å². The van der Waals surface area contributed by atoms with Gasteiger partial charge in [-0.15, -0.1) is 0 Å². The lowest BCUT2D eigenvalue weighted by Crippen LogP contribution is -2.58. The fourth-order valence-electron chi connectivity index (χ4n) is 8.37. The first-order chi connectivity index (χ1) is 27.9. The summed E-state index contributed by atoms with van der Waals surface area (Å²) in [4.78, 5) is 65.9. The molecule has 2 fully saturated rings. The van der Waals surface area contributed by atoms with Crippen molar-refractivity contribution < 1.29 is 32.3 Å². The number of nitrogens with zero attached hydrogens (tertiary/aromatic N) is 4. The van der Waals surface area contributed by atoms with Crippen molar-refractivity contribution in [1.82, 2.24) is 45.6 Å². The van der Waals surface area contributed by atoms with Crippen molar-refractivity contribution in [1.29, 1.82) is 0 Å². The average molecular weight is 822 g/mol. The van der Waals surface area contributed by atoms with Crippen molar-refractivity contribution in [2.45, 2.75) is 123 Å². The Morgan fingerprint density at radius 3 is 2.24 bits per heavy atom. The number of hydrogen-bond acceptors (Lipinski definition) is 7. The van der Waals surface area contributed by atoms with Gasteiger partial charge in [-0.25, -0.2) is 18.2 Å². The van der Waals surface area contributed by atoms with Gasteiger partial charge in [-0.1, -0.05) is 27.7 Å². The molecule has 13 nitrogen and oxygen atoms in total. The number of carbonyl (C=O) groups excluding carboxylic acids is 4. The zero-order chi connectivity index (χ0) is 42.9. The minimum absolute atomic E-state index is 0.0513.